The molecule has 112 valence electrons. The number of hydrogen-bond acceptors (Lipinski definition) is 4. The predicted molar refractivity (Wildman–Crippen MR) is 85.2 cm³/mol. The summed E-state index contributed by atoms with van der Waals surface area (Å²) in [6, 6.07) is 10.2. The van der Waals surface area contributed by atoms with Crippen molar-refractivity contribution in [3.8, 4) is 22.5 Å². The van der Waals surface area contributed by atoms with Crippen LogP contribution >= 0.6 is 0 Å². The average molecular weight is 294 g/mol. The maximum Gasteiger partial charge on any atom is 0.0923 e. The number of benzene rings is 1. The highest BCUT2D eigenvalue weighted by Gasteiger charge is 2.05. The lowest BCUT2D eigenvalue weighted by Crippen LogP contribution is -2.01. The lowest BCUT2D eigenvalue weighted by molar-refractivity contribution is 0.189. The number of ether oxygens (including phenoxy) is 1. The van der Waals surface area contributed by atoms with Crippen LogP contribution in [0.1, 0.15) is 6.42 Å². The van der Waals surface area contributed by atoms with E-state index in [0.717, 1.165) is 42.1 Å². The van der Waals surface area contributed by atoms with Gasteiger partial charge in [0.1, 0.15) is 0 Å². The molecule has 5 heteroatoms. The second-order valence-corrected chi connectivity index (χ2v) is 4.98. The normalized spacial score (nSPS) is 10.8. The van der Waals surface area contributed by atoms with Gasteiger partial charge in [0.15, 0.2) is 0 Å². The molecule has 2 heterocycles. The van der Waals surface area contributed by atoms with E-state index in [1.165, 1.54) is 0 Å². The minimum absolute atomic E-state index is 0.747. The molecule has 2 aromatic heterocycles. The van der Waals surface area contributed by atoms with Crippen molar-refractivity contribution in [1.29, 1.82) is 0 Å². The molecule has 0 fully saturated rings. The topological polar surface area (TPSA) is 52.8 Å². The molecule has 0 saturated carbocycles. The van der Waals surface area contributed by atoms with E-state index in [9.17, 15) is 0 Å². The summed E-state index contributed by atoms with van der Waals surface area (Å²) in [6.07, 6.45) is 8.10. The predicted octanol–water partition coefficient (Wildman–Crippen LogP) is 3.04. The van der Waals surface area contributed by atoms with Gasteiger partial charge in [-0.05, 0) is 18.6 Å². The van der Waals surface area contributed by atoms with Gasteiger partial charge in [-0.3, -0.25) is 14.6 Å². The summed E-state index contributed by atoms with van der Waals surface area (Å²) in [5, 5.41) is 4.61. The van der Waals surface area contributed by atoms with Crippen LogP contribution in [0.5, 0.6) is 0 Å². The number of methoxy groups -OCH3 is 1. The molecule has 3 rings (SSSR count). The van der Waals surface area contributed by atoms with E-state index in [1.54, 1.807) is 25.7 Å². The Morgan fingerprint density at radius 3 is 2.73 bits per heavy atom. The molecule has 0 atom stereocenters. The molecule has 0 amide bonds. The molecule has 0 N–H and O–H groups in total. The van der Waals surface area contributed by atoms with Crippen LogP contribution in [0.4, 0.5) is 0 Å². The molecule has 5 nitrogen and oxygen atoms in total. The van der Waals surface area contributed by atoms with Gasteiger partial charge in [0.2, 0.25) is 0 Å². The maximum absolute atomic E-state index is 5.07. The number of rotatable bonds is 6. The van der Waals surface area contributed by atoms with E-state index in [0.29, 0.717) is 0 Å². The summed E-state index contributed by atoms with van der Waals surface area (Å²) in [5.41, 5.74) is 3.94. The Morgan fingerprint density at radius 1 is 1.09 bits per heavy atom. The highest BCUT2D eigenvalue weighted by molar-refractivity contribution is 5.68. The van der Waals surface area contributed by atoms with Gasteiger partial charge in [-0.1, -0.05) is 18.2 Å². The van der Waals surface area contributed by atoms with Crippen LogP contribution in [0.15, 0.2) is 55.1 Å². The molecular formula is C17H18N4O. The molecule has 0 spiro atoms. The smallest absolute Gasteiger partial charge is 0.0923 e. The van der Waals surface area contributed by atoms with E-state index < -0.39 is 0 Å². The molecule has 0 aliphatic rings. The molecule has 3 aromatic rings. The first kappa shape index (κ1) is 14.4. The van der Waals surface area contributed by atoms with Gasteiger partial charge in [0.25, 0.3) is 0 Å². The highest BCUT2D eigenvalue weighted by atomic mass is 16.5. The van der Waals surface area contributed by atoms with E-state index in [2.05, 4.69) is 27.2 Å². The Bertz CT molecular complexity index is 724. The lowest BCUT2D eigenvalue weighted by Gasteiger charge is -2.03. The second-order valence-electron chi connectivity index (χ2n) is 4.98. The van der Waals surface area contributed by atoms with E-state index in [4.69, 9.17) is 4.74 Å². The molecule has 1 aromatic carbocycles. The third kappa shape index (κ3) is 3.38. The summed E-state index contributed by atoms with van der Waals surface area (Å²) in [4.78, 5) is 8.45. The fraction of sp³-hybridized carbons (Fsp3) is 0.235. The zero-order valence-electron chi connectivity index (χ0n) is 12.5. The van der Waals surface area contributed by atoms with Gasteiger partial charge in [-0.15, -0.1) is 0 Å². The first-order chi connectivity index (χ1) is 10.9. The van der Waals surface area contributed by atoms with Crippen LogP contribution in [0.2, 0.25) is 0 Å². The van der Waals surface area contributed by atoms with Crippen LogP contribution < -0.4 is 0 Å². The minimum Gasteiger partial charge on any atom is -0.385 e. The molecule has 0 aliphatic carbocycles. The molecule has 0 aliphatic heterocycles. The highest BCUT2D eigenvalue weighted by Crippen LogP contribution is 2.23. The first-order valence-electron chi connectivity index (χ1n) is 7.26. The molecular weight excluding hydrogens is 276 g/mol. The van der Waals surface area contributed by atoms with Gasteiger partial charge in [0.05, 0.1) is 17.6 Å². The third-order valence-corrected chi connectivity index (χ3v) is 3.39. The first-order valence-corrected chi connectivity index (χ1v) is 7.26. The number of aromatic nitrogens is 4. The summed E-state index contributed by atoms with van der Waals surface area (Å²) in [6.45, 7) is 1.61. The van der Waals surface area contributed by atoms with Gasteiger partial charge >= 0.3 is 0 Å². The number of nitrogens with zero attached hydrogens (tertiary/aromatic N) is 4. The summed E-state index contributed by atoms with van der Waals surface area (Å²) < 4.78 is 7.01. The van der Waals surface area contributed by atoms with E-state index in [1.807, 2.05) is 29.1 Å². The quantitative estimate of drug-likeness (QED) is 0.656. The van der Waals surface area contributed by atoms with E-state index in [-0.39, 0.29) is 0 Å². The zero-order valence-corrected chi connectivity index (χ0v) is 12.5. The van der Waals surface area contributed by atoms with Crippen LogP contribution in [0, 0.1) is 0 Å². The Hall–Kier alpha value is -2.53. The molecule has 0 unspecified atom stereocenters. The largest absolute Gasteiger partial charge is 0.385 e. The molecule has 22 heavy (non-hydrogen) atoms. The van der Waals surface area contributed by atoms with Crippen LogP contribution in [-0.4, -0.2) is 33.5 Å². The van der Waals surface area contributed by atoms with Crippen molar-refractivity contribution in [2.45, 2.75) is 13.0 Å². The number of aryl methyl sites for hydroxylation is 1. The molecule has 0 bridgehead atoms. The van der Waals surface area contributed by atoms with Crippen molar-refractivity contribution in [1.82, 2.24) is 19.7 Å². The van der Waals surface area contributed by atoms with Gasteiger partial charge in [-0.2, -0.15) is 5.10 Å². The molecule has 0 radical (unpaired) electrons. The van der Waals surface area contributed by atoms with Crippen LogP contribution in [0.3, 0.4) is 0 Å². The Morgan fingerprint density at radius 2 is 1.95 bits per heavy atom. The van der Waals surface area contributed by atoms with Crippen molar-refractivity contribution in [2.75, 3.05) is 13.7 Å². The fourth-order valence-corrected chi connectivity index (χ4v) is 2.30. The SMILES string of the molecule is COCCCn1ccc(-c2cccc(-c3cnccn3)c2)n1. The Balaban J connectivity index is 1.80. The zero-order chi connectivity index (χ0) is 15.2. The standard InChI is InChI=1S/C17H18N4O/c1-22-11-3-9-21-10-6-16(20-21)14-4-2-5-15(12-14)17-13-18-7-8-19-17/h2,4-8,10,12-13H,3,9,11H2,1H3. The van der Waals surface area contributed by atoms with Crippen molar-refractivity contribution >= 4 is 0 Å². The summed E-state index contributed by atoms with van der Waals surface area (Å²) in [5.74, 6) is 0. The summed E-state index contributed by atoms with van der Waals surface area (Å²) in [7, 11) is 1.71. The van der Waals surface area contributed by atoms with Crippen LogP contribution in [-0.2, 0) is 11.3 Å². The van der Waals surface area contributed by atoms with Crippen molar-refractivity contribution < 1.29 is 4.74 Å². The number of hydrogen-bond donors (Lipinski definition) is 0. The van der Waals surface area contributed by atoms with Crippen LogP contribution in [0.25, 0.3) is 22.5 Å². The van der Waals surface area contributed by atoms with Gasteiger partial charge < -0.3 is 4.74 Å². The third-order valence-electron chi connectivity index (χ3n) is 3.39. The van der Waals surface area contributed by atoms with Crippen molar-refractivity contribution in [2.24, 2.45) is 0 Å². The Labute approximate surface area is 129 Å². The van der Waals surface area contributed by atoms with Gasteiger partial charge in [0, 0.05) is 50.0 Å². The average Bonchev–Trinajstić information content (AvgIpc) is 3.05. The van der Waals surface area contributed by atoms with Gasteiger partial charge in [-0.25, -0.2) is 0 Å². The fourth-order valence-electron chi connectivity index (χ4n) is 2.30. The monoisotopic (exact) mass is 294 g/mol. The Kier molecular flexibility index (Phi) is 4.56. The van der Waals surface area contributed by atoms with E-state index >= 15 is 0 Å². The second kappa shape index (κ2) is 6.95. The lowest BCUT2D eigenvalue weighted by atomic mass is 10.1. The maximum atomic E-state index is 5.07. The minimum atomic E-state index is 0.747. The summed E-state index contributed by atoms with van der Waals surface area (Å²) >= 11 is 0. The molecule has 0 saturated heterocycles. The van der Waals surface area contributed by atoms with Crippen molar-refractivity contribution in [3.05, 3.63) is 55.1 Å². The van der Waals surface area contributed by atoms with Crippen molar-refractivity contribution in [3.63, 3.8) is 0 Å².